The Bertz CT molecular complexity index is 923. The first kappa shape index (κ1) is 17.5. The molecule has 1 N–H and O–H groups in total. The van der Waals surface area contributed by atoms with Crippen LogP contribution in [0, 0.1) is 5.92 Å². The molecule has 2 aromatic heterocycles. The molecular weight excluding hydrogens is 340 g/mol. The molecule has 7 nitrogen and oxygen atoms in total. The average molecular weight is 364 g/mol. The molecule has 1 atom stereocenters. The normalized spacial score (nSPS) is 17.2. The third kappa shape index (κ3) is 3.77. The van der Waals surface area contributed by atoms with E-state index in [0.29, 0.717) is 19.0 Å². The van der Waals surface area contributed by atoms with Crippen molar-refractivity contribution in [2.75, 3.05) is 24.5 Å². The number of fused-ring (bicyclic) bond motifs is 1. The van der Waals surface area contributed by atoms with Crippen molar-refractivity contribution in [2.24, 2.45) is 13.0 Å². The van der Waals surface area contributed by atoms with Gasteiger partial charge in [0.2, 0.25) is 11.9 Å². The molecule has 1 amide bonds. The van der Waals surface area contributed by atoms with Crippen LogP contribution in [0.2, 0.25) is 0 Å². The Morgan fingerprint density at radius 1 is 1.22 bits per heavy atom. The highest BCUT2D eigenvalue weighted by Gasteiger charge is 2.26. The number of anilines is 1. The molecule has 0 spiro atoms. The summed E-state index contributed by atoms with van der Waals surface area (Å²) in [5, 5.41) is 3.08. The second-order valence-corrected chi connectivity index (χ2v) is 6.95. The van der Waals surface area contributed by atoms with Crippen LogP contribution in [0.3, 0.4) is 0 Å². The molecule has 0 saturated carbocycles. The molecule has 27 heavy (non-hydrogen) atoms. The van der Waals surface area contributed by atoms with Gasteiger partial charge in [-0.25, -0.2) is 15.0 Å². The first-order valence-electron chi connectivity index (χ1n) is 9.42. The summed E-state index contributed by atoms with van der Waals surface area (Å²) in [7, 11) is 2.02. The highest BCUT2D eigenvalue weighted by Crippen LogP contribution is 2.20. The monoisotopic (exact) mass is 364 g/mol. The summed E-state index contributed by atoms with van der Waals surface area (Å²) in [5.41, 5.74) is 2.11. The molecule has 140 valence electrons. The van der Waals surface area contributed by atoms with E-state index in [-0.39, 0.29) is 11.8 Å². The number of para-hydroxylation sites is 2. The smallest absolute Gasteiger partial charge is 0.225 e. The van der Waals surface area contributed by atoms with E-state index in [9.17, 15) is 4.79 Å². The highest BCUT2D eigenvalue weighted by atomic mass is 16.1. The fourth-order valence-electron chi connectivity index (χ4n) is 3.69. The lowest BCUT2D eigenvalue weighted by Gasteiger charge is -2.31. The van der Waals surface area contributed by atoms with Gasteiger partial charge in [-0.2, -0.15) is 0 Å². The second-order valence-electron chi connectivity index (χ2n) is 6.95. The Kier molecular flexibility index (Phi) is 5.00. The maximum atomic E-state index is 12.6. The molecule has 0 radical (unpaired) electrons. The van der Waals surface area contributed by atoms with Crippen molar-refractivity contribution >= 4 is 22.9 Å². The van der Waals surface area contributed by atoms with Crippen LogP contribution in [-0.2, 0) is 18.3 Å². The van der Waals surface area contributed by atoms with Crippen LogP contribution in [0.5, 0.6) is 0 Å². The molecule has 0 aliphatic carbocycles. The molecule has 1 fully saturated rings. The fraction of sp³-hybridized carbons (Fsp3) is 0.400. The lowest BCUT2D eigenvalue weighted by atomic mass is 9.97. The number of nitrogens with zero attached hydrogens (tertiary/aromatic N) is 5. The van der Waals surface area contributed by atoms with E-state index in [2.05, 4.69) is 35.8 Å². The number of carbonyl (C=O) groups is 1. The van der Waals surface area contributed by atoms with Crippen LogP contribution < -0.4 is 10.2 Å². The molecule has 1 aliphatic heterocycles. The zero-order valence-corrected chi connectivity index (χ0v) is 15.5. The van der Waals surface area contributed by atoms with Gasteiger partial charge in [0.05, 0.1) is 17.0 Å². The van der Waals surface area contributed by atoms with E-state index in [1.165, 1.54) is 0 Å². The summed E-state index contributed by atoms with van der Waals surface area (Å²) in [4.78, 5) is 28.0. The van der Waals surface area contributed by atoms with Gasteiger partial charge in [-0.1, -0.05) is 12.1 Å². The average Bonchev–Trinajstić information content (AvgIpc) is 3.05. The minimum Gasteiger partial charge on any atom is -0.355 e. The van der Waals surface area contributed by atoms with Crippen LogP contribution in [0.25, 0.3) is 11.0 Å². The lowest BCUT2D eigenvalue weighted by Crippen LogP contribution is -2.44. The Labute approximate surface area is 158 Å². The number of imidazole rings is 1. The molecule has 1 aromatic carbocycles. The van der Waals surface area contributed by atoms with E-state index >= 15 is 0 Å². The third-order valence-electron chi connectivity index (χ3n) is 5.15. The van der Waals surface area contributed by atoms with Gasteiger partial charge in [0.25, 0.3) is 0 Å². The summed E-state index contributed by atoms with van der Waals surface area (Å²) >= 11 is 0. The van der Waals surface area contributed by atoms with Gasteiger partial charge < -0.3 is 14.8 Å². The van der Waals surface area contributed by atoms with Crippen molar-refractivity contribution in [3.8, 4) is 0 Å². The molecule has 3 aromatic rings. The highest BCUT2D eigenvalue weighted by molar-refractivity contribution is 5.79. The Morgan fingerprint density at radius 3 is 2.85 bits per heavy atom. The number of hydrogen-bond donors (Lipinski definition) is 1. The Morgan fingerprint density at radius 2 is 2.04 bits per heavy atom. The summed E-state index contributed by atoms with van der Waals surface area (Å²) in [5.74, 6) is 1.77. The molecular formula is C20H24N6O. The summed E-state index contributed by atoms with van der Waals surface area (Å²) in [6, 6.07) is 9.89. The van der Waals surface area contributed by atoms with Crippen molar-refractivity contribution in [1.29, 1.82) is 0 Å². The van der Waals surface area contributed by atoms with Gasteiger partial charge in [-0.05, 0) is 31.0 Å². The molecule has 4 rings (SSSR count). The predicted molar refractivity (Wildman–Crippen MR) is 104 cm³/mol. The van der Waals surface area contributed by atoms with Gasteiger partial charge in [-0.3, -0.25) is 4.79 Å². The van der Waals surface area contributed by atoms with Gasteiger partial charge in [0.15, 0.2) is 0 Å². The Balaban J connectivity index is 1.33. The SMILES string of the molecule is Cn1c(CCNC(=O)[C@@H]2CCCN(c3ncccn3)C2)nc2ccccc21. The van der Waals surface area contributed by atoms with Gasteiger partial charge >= 0.3 is 0 Å². The number of piperidine rings is 1. The molecule has 3 heterocycles. The fourth-order valence-corrected chi connectivity index (χ4v) is 3.69. The summed E-state index contributed by atoms with van der Waals surface area (Å²) in [6.45, 7) is 2.16. The maximum Gasteiger partial charge on any atom is 0.225 e. The first-order valence-corrected chi connectivity index (χ1v) is 9.42. The van der Waals surface area contributed by atoms with Gasteiger partial charge in [0.1, 0.15) is 5.82 Å². The number of aryl methyl sites for hydroxylation is 1. The second kappa shape index (κ2) is 7.73. The van der Waals surface area contributed by atoms with Crippen LogP contribution in [0.1, 0.15) is 18.7 Å². The maximum absolute atomic E-state index is 12.6. The zero-order chi connectivity index (χ0) is 18.6. The minimum atomic E-state index is -0.0250. The number of benzene rings is 1. The van der Waals surface area contributed by atoms with E-state index in [4.69, 9.17) is 0 Å². The first-order chi connectivity index (χ1) is 13.2. The quantitative estimate of drug-likeness (QED) is 0.749. The predicted octanol–water partition coefficient (Wildman–Crippen LogP) is 1.94. The van der Waals surface area contributed by atoms with E-state index in [1.807, 2.05) is 25.2 Å². The lowest BCUT2D eigenvalue weighted by molar-refractivity contribution is -0.125. The molecule has 0 unspecified atom stereocenters. The molecule has 0 bridgehead atoms. The number of carbonyl (C=O) groups excluding carboxylic acids is 1. The van der Waals surface area contributed by atoms with Gasteiger partial charge in [-0.15, -0.1) is 0 Å². The topological polar surface area (TPSA) is 75.9 Å². The van der Waals surface area contributed by atoms with Crippen molar-refractivity contribution in [3.05, 3.63) is 48.5 Å². The van der Waals surface area contributed by atoms with Crippen LogP contribution >= 0.6 is 0 Å². The van der Waals surface area contributed by atoms with Crippen LogP contribution in [0.4, 0.5) is 5.95 Å². The van der Waals surface area contributed by atoms with Crippen LogP contribution in [-0.4, -0.2) is 45.1 Å². The summed E-state index contributed by atoms with van der Waals surface area (Å²) in [6.07, 6.45) is 6.07. The number of amides is 1. The van der Waals surface area contributed by atoms with E-state index < -0.39 is 0 Å². The standard InChI is InChI=1S/C20H24N6O/c1-25-17-8-3-2-7-16(17)24-18(25)9-12-21-19(27)15-6-4-13-26(14-15)20-22-10-5-11-23-20/h2-3,5,7-8,10-11,15H,4,6,9,12-14H2,1H3,(H,21,27)/t15-/m1/s1. The van der Waals surface area contributed by atoms with Crippen LogP contribution in [0.15, 0.2) is 42.7 Å². The number of hydrogen-bond acceptors (Lipinski definition) is 5. The number of aromatic nitrogens is 4. The minimum absolute atomic E-state index is 0.0250. The van der Waals surface area contributed by atoms with Gasteiger partial charge in [0, 0.05) is 45.5 Å². The Hall–Kier alpha value is -2.96. The van der Waals surface area contributed by atoms with Crippen molar-refractivity contribution in [1.82, 2.24) is 24.8 Å². The summed E-state index contributed by atoms with van der Waals surface area (Å²) < 4.78 is 2.09. The van der Waals surface area contributed by atoms with Crippen molar-refractivity contribution < 1.29 is 4.79 Å². The third-order valence-corrected chi connectivity index (χ3v) is 5.15. The van der Waals surface area contributed by atoms with Crippen molar-refractivity contribution in [3.63, 3.8) is 0 Å². The number of nitrogens with one attached hydrogen (secondary N) is 1. The zero-order valence-electron chi connectivity index (χ0n) is 15.5. The van der Waals surface area contributed by atoms with Crippen molar-refractivity contribution in [2.45, 2.75) is 19.3 Å². The molecule has 1 saturated heterocycles. The number of rotatable bonds is 5. The molecule has 7 heteroatoms. The molecule has 1 aliphatic rings. The van der Waals surface area contributed by atoms with E-state index in [0.717, 1.165) is 42.7 Å². The largest absolute Gasteiger partial charge is 0.355 e. The van der Waals surface area contributed by atoms with E-state index in [1.54, 1.807) is 18.5 Å².